The maximum atomic E-state index is 13.4. The number of hydrogen-bond acceptors (Lipinski definition) is 6. The van der Waals surface area contributed by atoms with Crippen LogP contribution in [0.15, 0.2) is 79.1 Å². The highest BCUT2D eigenvalue weighted by Crippen LogP contribution is 2.26. The molecule has 1 aromatic heterocycles. The number of nitrogens with one attached hydrogen (secondary N) is 2. The van der Waals surface area contributed by atoms with Gasteiger partial charge in [-0.15, -0.1) is 0 Å². The Morgan fingerprint density at radius 2 is 1.52 bits per heavy atom. The topological polar surface area (TPSA) is 85.4 Å². The number of benzene rings is 3. The molecule has 0 bridgehead atoms. The van der Waals surface area contributed by atoms with Crippen LogP contribution >= 0.6 is 0 Å². The van der Waals surface area contributed by atoms with Gasteiger partial charge in [0, 0.05) is 53.1 Å². The van der Waals surface area contributed by atoms with Gasteiger partial charge in [0.15, 0.2) is 0 Å². The van der Waals surface area contributed by atoms with Gasteiger partial charge in [-0.25, -0.2) is 14.4 Å². The number of amides is 1. The first-order chi connectivity index (χ1) is 16.0. The van der Waals surface area contributed by atoms with Crippen LogP contribution in [-0.2, 0) is 0 Å². The number of ether oxygens (including phenoxy) is 2. The van der Waals surface area contributed by atoms with Gasteiger partial charge in [-0.3, -0.25) is 4.79 Å². The van der Waals surface area contributed by atoms with Crippen LogP contribution in [0.2, 0.25) is 0 Å². The summed E-state index contributed by atoms with van der Waals surface area (Å²) in [6.07, 6.45) is 3.22. The van der Waals surface area contributed by atoms with Gasteiger partial charge in [0.2, 0.25) is 5.95 Å². The third kappa shape index (κ3) is 5.43. The molecule has 33 heavy (non-hydrogen) atoms. The molecule has 1 heterocycles. The van der Waals surface area contributed by atoms with Crippen LogP contribution in [0.5, 0.6) is 11.5 Å². The van der Waals surface area contributed by atoms with Crippen molar-refractivity contribution in [1.29, 1.82) is 0 Å². The normalized spacial score (nSPS) is 10.4. The van der Waals surface area contributed by atoms with E-state index in [0.717, 1.165) is 0 Å². The van der Waals surface area contributed by atoms with Crippen molar-refractivity contribution in [2.45, 2.75) is 0 Å². The molecule has 0 spiro atoms. The van der Waals surface area contributed by atoms with Gasteiger partial charge in [-0.05, 0) is 35.9 Å². The van der Waals surface area contributed by atoms with E-state index in [4.69, 9.17) is 9.47 Å². The molecule has 8 heteroatoms. The summed E-state index contributed by atoms with van der Waals surface area (Å²) in [5.74, 6) is 0.872. The first-order valence-electron chi connectivity index (χ1n) is 10.0. The Hall–Kier alpha value is -4.46. The van der Waals surface area contributed by atoms with Gasteiger partial charge in [-0.2, -0.15) is 0 Å². The van der Waals surface area contributed by atoms with Crippen molar-refractivity contribution in [2.75, 3.05) is 24.9 Å². The van der Waals surface area contributed by atoms with Crippen LogP contribution in [0.4, 0.5) is 21.7 Å². The van der Waals surface area contributed by atoms with E-state index in [0.29, 0.717) is 45.5 Å². The van der Waals surface area contributed by atoms with Crippen LogP contribution in [-0.4, -0.2) is 30.1 Å². The number of methoxy groups -OCH3 is 2. The predicted molar refractivity (Wildman–Crippen MR) is 125 cm³/mol. The highest BCUT2D eigenvalue weighted by atomic mass is 19.1. The summed E-state index contributed by atoms with van der Waals surface area (Å²) >= 11 is 0. The SMILES string of the molecule is COc1cc(NC(=O)c2cccc(Nc3ncc(-c4cccc(F)c4)cn3)c2)cc(OC)c1. The van der Waals surface area contributed by atoms with E-state index < -0.39 is 0 Å². The lowest BCUT2D eigenvalue weighted by Crippen LogP contribution is -2.12. The van der Waals surface area contributed by atoms with Gasteiger partial charge in [0.25, 0.3) is 5.91 Å². The van der Waals surface area contributed by atoms with Crippen LogP contribution in [0, 0.1) is 5.82 Å². The number of hydrogen-bond donors (Lipinski definition) is 2. The van der Waals surface area contributed by atoms with Crippen molar-refractivity contribution < 1.29 is 18.7 Å². The minimum atomic E-state index is -0.322. The maximum Gasteiger partial charge on any atom is 0.255 e. The summed E-state index contributed by atoms with van der Waals surface area (Å²) in [7, 11) is 3.09. The highest BCUT2D eigenvalue weighted by molar-refractivity contribution is 6.05. The van der Waals surface area contributed by atoms with E-state index in [-0.39, 0.29) is 11.7 Å². The molecule has 0 saturated heterocycles. The van der Waals surface area contributed by atoms with Gasteiger partial charge in [0.1, 0.15) is 17.3 Å². The molecule has 166 valence electrons. The summed E-state index contributed by atoms with van der Waals surface area (Å²) in [5, 5.41) is 5.91. The molecule has 0 atom stereocenters. The van der Waals surface area contributed by atoms with Crippen LogP contribution in [0.3, 0.4) is 0 Å². The van der Waals surface area contributed by atoms with Gasteiger partial charge < -0.3 is 20.1 Å². The first-order valence-corrected chi connectivity index (χ1v) is 10.0. The molecule has 0 radical (unpaired) electrons. The maximum absolute atomic E-state index is 13.4. The van der Waals surface area contributed by atoms with Crippen molar-refractivity contribution in [3.63, 3.8) is 0 Å². The molecule has 1 amide bonds. The fourth-order valence-electron chi connectivity index (χ4n) is 3.16. The predicted octanol–water partition coefficient (Wildman–Crippen LogP) is 5.30. The average Bonchev–Trinajstić information content (AvgIpc) is 2.84. The molecule has 4 rings (SSSR count). The monoisotopic (exact) mass is 444 g/mol. The lowest BCUT2D eigenvalue weighted by molar-refractivity contribution is 0.102. The van der Waals surface area contributed by atoms with Crippen LogP contribution in [0.1, 0.15) is 10.4 Å². The van der Waals surface area contributed by atoms with Crippen molar-refractivity contribution in [2.24, 2.45) is 0 Å². The van der Waals surface area contributed by atoms with Crippen LogP contribution in [0.25, 0.3) is 11.1 Å². The molecule has 2 N–H and O–H groups in total. The summed E-state index contributed by atoms with van der Waals surface area (Å²) in [4.78, 5) is 21.3. The number of anilines is 3. The zero-order valence-electron chi connectivity index (χ0n) is 18.0. The Balaban J connectivity index is 1.47. The molecule has 3 aromatic carbocycles. The Labute approximate surface area is 190 Å². The number of carbonyl (C=O) groups is 1. The van der Waals surface area contributed by atoms with Crippen molar-refractivity contribution in [3.05, 3.63) is 90.5 Å². The minimum absolute atomic E-state index is 0.295. The standard InChI is InChI=1S/C25H21FN4O3/c1-32-22-11-21(12-23(13-22)33-2)29-24(31)17-6-4-8-20(10-17)30-25-27-14-18(15-28-25)16-5-3-7-19(26)9-16/h3-15H,1-2H3,(H,29,31)(H,27,28,30). The molecule has 0 fully saturated rings. The van der Waals surface area contributed by atoms with Gasteiger partial charge in [-0.1, -0.05) is 18.2 Å². The molecule has 0 saturated carbocycles. The van der Waals surface area contributed by atoms with E-state index in [1.807, 2.05) is 0 Å². The van der Waals surface area contributed by atoms with E-state index in [1.54, 1.807) is 81.2 Å². The molecular formula is C25H21FN4O3. The lowest BCUT2D eigenvalue weighted by atomic mass is 10.1. The molecular weight excluding hydrogens is 423 g/mol. The van der Waals surface area contributed by atoms with Crippen LogP contribution < -0.4 is 20.1 Å². The molecule has 7 nitrogen and oxygen atoms in total. The second kappa shape index (κ2) is 9.78. The Bertz CT molecular complexity index is 1260. The smallest absolute Gasteiger partial charge is 0.255 e. The summed E-state index contributed by atoms with van der Waals surface area (Å²) < 4.78 is 23.9. The number of aromatic nitrogens is 2. The molecule has 4 aromatic rings. The largest absolute Gasteiger partial charge is 0.497 e. The Morgan fingerprint density at radius 3 is 2.18 bits per heavy atom. The second-order valence-corrected chi connectivity index (χ2v) is 7.07. The second-order valence-electron chi connectivity index (χ2n) is 7.07. The molecule has 0 aliphatic rings. The minimum Gasteiger partial charge on any atom is -0.497 e. The number of carbonyl (C=O) groups excluding carboxylic acids is 1. The zero-order valence-corrected chi connectivity index (χ0v) is 18.0. The number of nitrogens with zero attached hydrogens (tertiary/aromatic N) is 2. The van der Waals surface area contributed by atoms with E-state index in [2.05, 4.69) is 20.6 Å². The number of halogens is 1. The average molecular weight is 444 g/mol. The van der Waals surface area contributed by atoms with Gasteiger partial charge in [0.05, 0.1) is 14.2 Å². The van der Waals surface area contributed by atoms with E-state index in [1.165, 1.54) is 12.1 Å². The fourth-order valence-corrected chi connectivity index (χ4v) is 3.16. The highest BCUT2D eigenvalue weighted by Gasteiger charge is 2.10. The Morgan fingerprint density at radius 1 is 0.818 bits per heavy atom. The fraction of sp³-hybridized carbons (Fsp3) is 0.0800. The Kier molecular flexibility index (Phi) is 6.45. The van der Waals surface area contributed by atoms with E-state index in [9.17, 15) is 9.18 Å². The quantitative estimate of drug-likeness (QED) is 0.403. The molecule has 0 aliphatic heterocycles. The molecule has 0 aliphatic carbocycles. The van der Waals surface area contributed by atoms with Gasteiger partial charge >= 0.3 is 0 Å². The summed E-state index contributed by atoms with van der Waals surface area (Å²) in [5.41, 5.74) is 3.02. The summed E-state index contributed by atoms with van der Waals surface area (Å²) in [6.45, 7) is 0. The lowest BCUT2D eigenvalue weighted by Gasteiger charge is -2.11. The first kappa shape index (κ1) is 21.8. The van der Waals surface area contributed by atoms with Crippen molar-refractivity contribution in [3.8, 4) is 22.6 Å². The molecule has 0 unspecified atom stereocenters. The number of rotatable bonds is 7. The third-order valence-electron chi connectivity index (χ3n) is 4.80. The van der Waals surface area contributed by atoms with Crippen molar-refractivity contribution >= 4 is 23.2 Å². The third-order valence-corrected chi connectivity index (χ3v) is 4.80. The van der Waals surface area contributed by atoms with Crippen molar-refractivity contribution in [1.82, 2.24) is 9.97 Å². The zero-order chi connectivity index (χ0) is 23.2. The van der Waals surface area contributed by atoms with E-state index >= 15 is 0 Å². The summed E-state index contributed by atoms with van der Waals surface area (Å²) in [6, 6.07) is 18.3.